The van der Waals surface area contributed by atoms with Crippen LogP contribution in [-0.4, -0.2) is 22.7 Å². The zero-order valence-corrected chi connectivity index (χ0v) is 13.4. The Morgan fingerprint density at radius 2 is 2.18 bits per heavy atom. The summed E-state index contributed by atoms with van der Waals surface area (Å²) >= 11 is 1.48. The molecule has 1 amide bonds. The molecular weight excluding hydrogens is 298 g/mol. The highest BCUT2D eigenvalue weighted by Gasteiger charge is 2.27. The van der Waals surface area contributed by atoms with E-state index in [0.29, 0.717) is 5.69 Å². The Kier molecular flexibility index (Phi) is 5.84. The minimum atomic E-state index is -1.28. The molecule has 0 aliphatic heterocycles. The summed E-state index contributed by atoms with van der Waals surface area (Å²) in [4.78, 5) is 28.3. The lowest BCUT2D eigenvalue weighted by Gasteiger charge is -2.23. The molecule has 2 rings (SSSR count). The topological polar surface area (TPSA) is 82.8 Å². The molecule has 5 nitrogen and oxygen atoms in total. The Bertz CT molecular complexity index is 609. The number of nitriles is 1. The maximum Gasteiger partial charge on any atom is 0.245 e. The minimum Gasteiger partial charge on any atom is -0.352 e. The number of aromatic nitrogens is 1. The first-order valence-corrected chi connectivity index (χ1v) is 8.32. The predicted molar refractivity (Wildman–Crippen MR) is 85.0 cm³/mol. The van der Waals surface area contributed by atoms with Gasteiger partial charge in [-0.2, -0.15) is 5.26 Å². The fraction of sp³-hybridized carbons (Fsp3) is 0.500. The number of carbonyl (C=O) groups is 2. The van der Waals surface area contributed by atoms with Gasteiger partial charge in [0.05, 0.1) is 16.8 Å². The smallest absolute Gasteiger partial charge is 0.245 e. The van der Waals surface area contributed by atoms with Crippen LogP contribution in [-0.2, 0) is 9.59 Å². The normalized spacial score (nSPS) is 17.1. The van der Waals surface area contributed by atoms with Crippen molar-refractivity contribution in [3.8, 4) is 6.07 Å². The standard InChI is InChI=1S/C16H19N3O2S/c1-11-18-13(10-22-11)7-8-15(20)14(9-17)16(21)19-12-5-3-2-4-6-12/h7-8,10,12,14H,2-6H2,1H3,(H,19,21)/b8-7+. The van der Waals surface area contributed by atoms with Gasteiger partial charge >= 0.3 is 0 Å². The molecule has 1 N–H and O–H groups in total. The van der Waals surface area contributed by atoms with Gasteiger partial charge in [0.25, 0.3) is 0 Å². The lowest BCUT2D eigenvalue weighted by atomic mass is 9.94. The summed E-state index contributed by atoms with van der Waals surface area (Å²) in [7, 11) is 0. The second kappa shape index (κ2) is 7.85. The number of ketones is 1. The molecule has 116 valence electrons. The van der Waals surface area contributed by atoms with Crippen LogP contribution < -0.4 is 5.32 Å². The number of nitrogens with one attached hydrogen (secondary N) is 1. The summed E-state index contributed by atoms with van der Waals surface area (Å²) in [6.45, 7) is 1.87. The van der Waals surface area contributed by atoms with Crippen LogP contribution in [0.3, 0.4) is 0 Å². The largest absolute Gasteiger partial charge is 0.352 e. The molecule has 1 saturated carbocycles. The second-order valence-corrected chi connectivity index (χ2v) is 6.49. The van der Waals surface area contributed by atoms with Crippen LogP contribution in [0.25, 0.3) is 6.08 Å². The van der Waals surface area contributed by atoms with E-state index < -0.39 is 17.6 Å². The van der Waals surface area contributed by atoms with Crippen molar-refractivity contribution in [2.24, 2.45) is 5.92 Å². The number of carbonyl (C=O) groups excluding carboxylic acids is 2. The number of thiazole rings is 1. The SMILES string of the molecule is Cc1nc(/C=C/C(=O)C(C#N)C(=O)NC2CCCCC2)cs1. The lowest BCUT2D eigenvalue weighted by molar-refractivity contribution is -0.130. The van der Waals surface area contributed by atoms with Crippen molar-refractivity contribution < 1.29 is 9.59 Å². The molecule has 1 aromatic rings. The molecule has 0 aromatic carbocycles. The predicted octanol–water partition coefficient (Wildman–Crippen LogP) is 2.62. The van der Waals surface area contributed by atoms with E-state index in [-0.39, 0.29) is 6.04 Å². The zero-order chi connectivity index (χ0) is 15.9. The Morgan fingerprint density at radius 3 is 2.77 bits per heavy atom. The summed E-state index contributed by atoms with van der Waals surface area (Å²) in [6.07, 6.45) is 8.01. The number of nitrogens with zero attached hydrogens (tertiary/aromatic N) is 2. The highest BCUT2D eigenvalue weighted by molar-refractivity contribution is 7.09. The van der Waals surface area contributed by atoms with Gasteiger partial charge in [0, 0.05) is 11.4 Å². The fourth-order valence-electron chi connectivity index (χ4n) is 2.50. The fourth-order valence-corrected chi connectivity index (χ4v) is 3.08. The van der Waals surface area contributed by atoms with Gasteiger partial charge in [0.2, 0.25) is 5.91 Å². The molecule has 6 heteroatoms. The van der Waals surface area contributed by atoms with Gasteiger partial charge in [-0.25, -0.2) is 4.98 Å². The molecule has 0 bridgehead atoms. The molecule has 1 aliphatic rings. The number of amides is 1. The number of hydrogen-bond donors (Lipinski definition) is 1. The maximum absolute atomic E-state index is 12.1. The minimum absolute atomic E-state index is 0.0927. The van der Waals surface area contributed by atoms with E-state index in [1.54, 1.807) is 12.1 Å². The Labute approximate surface area is 134 Å². The maximum atomic E-state index is 12.1. The summed E-state index contributed by atoms with van der Waals surface area (Å²) in [5.74, 6) is -2.27. The average Bonchev–Trinajstić information content (AvgIpc) is 2.92. The van der Waals surface area contributed by atoms with Gasteiger partial charge in [0.15, 0.2) is 11.7 Å². The summed E-state index contributed by atoms with van der Waals surface area (Å²) in [5, 5.41) is 14.7. The lowest BCUT2D eigenvalue weighted by Crippen LogP contribution is -2.41. The third-order valence-corrected chi connectivity index (χ3v) is 4.47. The highest BCUT2D eigenvalue weighted by atomic mass is 32.1. The molecule has 1 aliphatic carbocycles. The quantitative estimate of drug-likeness (QED) is 0.668. The molecule has 0 spiro atoms. The highest BCUT2D eigenvalue weighted by Crippen LogP contribution is 2.18. The molecule has 22 heavy (non-hydrogen) atoms. The molecule has 0 radical (unpaired) electrons. The van der Waals surface area contributed by atoms with Crippen LogP contribution in [0, 0.1) is 24.2 Å². The Hall–Kier alpha value is -2.00. The van der Waals surface area contributed by atoms with Crippen molar-refractivity contribution in [3.05, 3.63) is 22.2 Å². The van der Waals surface area contributed by atoms with E-state index in [9.17, 15) is 9.59 Å². The van der Waals surface area contributed by atoms with Gasteiger partial charge < -0.3 is 5.32 Å². The van der Waals surface area contributed by atoms with Crippen molar-refractivity contribution in [2.45, 2.75) is 45.1 Å². The molecule has 0 saturated heterocycles. The van der Waals surface area contributed by atoms with E-state index in [0.717, 1.165) is 30.7 Å². The van der Waals surface area contributed by atoms with Crippen LogP contribution in [0.2, 0.25) is 0 Å². The van der Waals surface area contributed by atoms with Crippen molar-refractivity contribution in [1.82, 2.24) is 10.3 Å². The molecule has 1 aromatic heterocycles. The number of hydrogen-bond acceptors (Lipinski definition) is 5. The van der Waals surface area contributed by atoms with Crippen molar-refractivity contribution in [2.75, 3.05) is 0 Å². The van der Waals surface area contributed by atoms with Crippen molar-refractivity contribution in [3.63, 3.8) is 0 Å². The van der Waals surface area contributed by atoms with Crippen molar-refractivity contribution in [1.29, 1.82) is 5.26 Å². The van der Waals surface area contributed by atoms with Gasteiger partial charge in [-0.05, 0) is 31.9 Å². The van der Waals surface area contributed by atoms with E-state index in [1.807, 2.05) is 12.3 Å². The Balaban J connectivity index is 1.94. The third kappa shape index (κ3) is 4.50. The van der Waals surface area contributed by atoms with Crippen LogP contribution in [0.4, 0.5) is 0 Å². The van der Waals surface area contributed by atoms with Crippen LogP contribution in [0.15, 0.2) is 11.5 Å². The zero-order valence-electron chi connectivity index (χ0n) is 12.5. The monoisotopic (exact) mass is 317 g/mol. The third-order valence-electron chi connectivity index (χ3n) is 3.68. The van der Waals surface area contributed by atoms with E-state index >= 15 is 0 Å². The molecule has 1 fully saturated rings. The molecule has 1 unspecified atom stereocenters. The van der Waals surface area contributed by atoms with Gasteiger partial charge in [-0.3, -0.25) is 9.59 Å². The van der Waals surface area contributed by atoms with E-state index in [1.165, 1.54) is 23.8 Å². The van der Waals surface area contributed by atoms with E-state index in [2.05, 4.69) is 10.3 Å². The van der Waals surface area contributed by atoms with Gasteiger partial charge in [0.1, 0.15) is 0 Å². The number of rotatable bonds is 5. The van der Waals surface area contributed by atoms with Crippen molar-refractivity contribution >= 4 is 29.1 Å². The summed E-state index contributed by atoms with van der Waals surface area (Å²) in [6, 6.07) is 1.89. The first-order chi connectivity index (χ1) is 10.6. The number of aryl methyl sites for hydroxylation is 1. The average molecular weight is 317 g/mol. The van der Waals surface area contributed by atoms with Crippen LogP contribution in [0.1, 0.15) is 42.8 Å². The van der Waals surface area contributed by atoms with Gasteiger partial charge in [-0.1, -0.05) is 19.3 Å². The summed E-state index contributed by atoms with van der Waals surface area (Å²) < 4.78 is 0. The van der Waals surface area contributed by atoms with Crippen LogP contribution >= 0.6 is 11.3 Å². The molecule has 1 heterocycles. The molecular formula is C16H19N3O2S. The first kappa shape index (κ1) is 16.4. The number of allylic oxidation sites excluding steroid dienone is 1. The first-order valence-electron chi connectivity index (χ1n) is 7.44. The Morgan fingerprint density at radius 1 is 1.45 bits per heavy atom. The molecule has 1 atom stereocenters. The summed E-state index contributed by atoms with van der Waals surface area (Å²) in [5.41, 5.74) is 0.667. The van der Waals surface area contributed by atoms with E-state index in [4.69, 9.17) is 5.26 Å². The van der Waals surface area contributed by atoms with Gasteiger partial charge in [-0.15, -0.1) is 11.3 Å². The second-order valence-electron chi connectivity index (χ2n) is 5.43. The van der Waals surface area contributed by atoms with Crippen LogP contribution in [0.5, 0.6) is 0 Å².